The second-order valence-electron chi connectivity index (χ2n) is 4.29. The van der Waals surface area contributed by atoms with Crippen molar-refractivity contribution in [2.24, 2.45) is 0 Å². The normalized spacial score (nSPS) is 30.1. The summed E-state index contributed by atoms with van der Waals surface area (Å²) < 4.78 is 10.5. The van der Waals surface area contributed by atoms with Crippen molar-refractivity contribution in [1.82, 2.24) is 5.32 Å². The van der Waals surface area contributed by atoms with Gasteiger partial charge in [-0.3, -0.25) is 4.79 Å². The molecule has 16 heavy (non-hydrogen) atoms. The molecule has 0 aliphatic heterocycles. The van der Waals surface area contributed by atoms with Gasteiger partial charge in [-0.15, -0.1) is 0 Å². The number of hydrogen-bond acceptors (Lipinski definition) is 4. The molecule has 1 aliphatic carbocycles. The predicted molar refractivity (Wildman–Crippen MR) is 62.3 cm³/mol. The van der Waals surface area contributed by atoms with E-state index < -0.39 is 5.54 Å². The number of nitrogens with one attached hydrogen (secondary N) is 1. The van der Waals surface area contributed by atoms with E-state index in [1.54, 1.807) is 7.11 Å². The summed E-state index contributed by atoms with van der Waals surface area (Å²) in [6.45, 7) is 5.06. The molecular weight excluding hydrogens is 206 g/mol. The second kappa shape index (κ2) is 6.21. The molecule has 0 aromatic carbocycles. The van der Waals surface area contributed by atoms with Crippen molar-refractivity contribution in [1.29, 1.82) is 0 Å². The molecule has 1 saturated carbocycles. The Labute approximate surface area is 97.7 Å². The first-order valence-corrected chi connectivity index (χ1v) is 6.13. The Kier molecular flexibility index (Phi) is 5.22. The minimum absolute atomic E-state index is 0.126. The summed E-state index contributed by atoms with van der Waals surface area (Å²) >= 11 is 0. The average Bonchev–Trinajstić information content (AvgIpc) is 2.30. The van der Waals surface area contributed by atoms with Crippen LogP contribution in [-0.2, 0) is 14.3 Å². The molecule has 1 rings (SSSR count). The fourth-order valence-electron chi connectivity index (χ4n) is 2.45. The van der Waals surface area contributed by atoms with Gasteiger partial charge in [0.05, 0.1) is 12.7 Å². The van der Waals surface area contributed by atoms with E-state index in [1.807, 2.05) is 13.8 Å². The van der Waals surface area contributed by atoms with Gasteiger partial charge >= 0.3 is 5.97 Å². The van der Waals surface area contributed by atoms with Crippen molar-refractivity contribution in [2.45, 2.75) is 51.2 Å². The van der Waals surface area contributed by atoms with Crippen molar-refractivity contribution in [2.75, 3.05) is 20.3 Å². The Morgan fingerprint density at radius 2 is 2.25 bits per heavy atom. The molecule has 0 aromatic rings. The van der Waals surface area contributed by atoms with Crippen LogP contribution < -0.4 is 5.32 Å². The zero-order valence-electron chi connectivity index (χ0n) is 10.5. The van der Waals surface area contributed by atoms with Gasteiger partial charge in [0.1, 0.15) is 5.54 Å². The smallest absolute Gasteiger partial charge is 0.326 e. The van der Waals surface area contributed by atoms with Gasteiger partial charge in [-0.1, -0.05) is 6.92 Å². The van der Waals surface area contributed by atoms with Crippen LogP contribution in [0.5, 0.6) is 0 Å². The van der Waals surface area contributed by atoms with E-state index in [0.29, 0.717) is 6.61 Å². The van der Waals surface area contributed by atoms with Gasteiger partial charge in [-0.25, -0.2) is 0 Å². The lowest BCUT2D eigenvalue weighted by Gasteiger charge is -2.38. The topological polar surface area (TPSA) is 47.6 Å². The van der Waals surface area contributed by atoms with E-state index in [1.165, 1.54) is 0 Å². The van der Waals surface area contributed by atoms with Crippen molar-refractivity contribution in [3.8, 4) is 0 Å². The summed E-state index contributed by atoms with van der Waals surface area (Å²) in [5.41, 5.74) is -0.524. The van der Waals surface area contributed by atoms with E-state index in [-0.39, 0.29) is 12.1 Å². The summed E-state index contributed by atoms with van der Waals surface area (Å²) in [4.78, 5) is 12.0. The van der Waals surface area contributed by atoms with Crippen LogP contribution in [0, 0.1) is 0 Å². The molecule has 1 fully saturated rings. The first kappa shape index (κ1) is 13.5. The van der Waals surface area contributed by atoms with E-state index in [2.05, 4.69) is 5.32 Å². The Hall–Kier alpha value is -0.610. The van der Waals surface area contributed by atoms with Crippen molar-refractivity contribution in [3.05, 3.63) is 0 Å². The molecular formula is C12H23NO3. The Bertz CT molecular complexity index is 228. The number of likely N-dealkylation sites (N-methyl/N-ethyl adjacent to an activating group) is 1. The maximum atomic E-state index is 12.0. The third kappa shape index (κ3) is 2.95. The molecule has 2 atom stereocenters. The molecule has 94 valence electrons. The third-order valence-electron chi connectivity index (χ3n) is 3.22. The lowest BCUT2D eigenvalue weighted by atomic mass is 9.80. The van der Waals surface area contributed by atoms with E-state index in [0.717, 1.165) is 32.2 Å². The molecule has 0 radical (unpaired) electrons. The highest BCUT2D eigenvalue weighted by atomic mass is 16.5. The first-order chi connectivity index (χ1) is 7.68. The van der Waals surface area contributed by atoms with Crippen LogP contribution in [-0.4, -0.2) is 37.9 Å². The average molecular weight is 229 g/mol. The number of carbonyl (C=O) groups is 1. The lowest BCUT2D eigenvalue weighted by molar-refractivity contribution is -0.155. The molecule has 0 bridgehead atoms. The maximum Gasteiger partial charge on any atom is 0.326 e. The highest BCUT2D eigenvalue weighted by molar-refractivity contribution is 5.81. The zero-order valence-corrected chi connectivity index (χ0v) is 10.5. The Morgan fingerprint density at radius 3 is 2.81 bits per heavy atom. The number of rotatable bonds is 5. The highest BCUT2D eigenvalue weighted by Gasteiger charge is 2.43. The number of ether oxygens (including phenoxy) is 2. The summed E-state index contributed by atoms with van der Waals surface area (Å²) in [7, 11) is 1.71. The summed E-state index contributed by atoms with van der Waals surface area (Å²) in [6, 6.07) is 0. The molecule has 0 heterocycles. The molecule has 1 aliphatic rings. The molecule has 4 heteroatoms. The number of hydrogen-bond donors (Lipinski definition) is 1. The van der Waals surface area contributed by atoms with Crippen LogP contribution in [0.1, 0.15) is 39.5 Å². The maximum absolute atomic E-state index is 12.0. The van der Waals surface area contributed by atoms with Gasteiger partial charge in [0, 0.05) is 13.5 Å². The Balaban J connectivity index is 2.73. The Morgan fingerprint density at radius 1 is 1.50 bits per heavy atom. The van der Waals surface area contributed by atoms with E-state index in [4.69, 9.17) is 9.47 Å². The fraction of sp³-hybridized carbons (Fsp3) is 0.917. The van der Waals surface area contributed by atoms with Crippen molar-refractivity contribution < 1.29 is 14.3 Å². The standard InChI is InChI=1S/C12H23NO3/c1-4-13-12(11(14)16-5-2)8-6-7-10(9-12)15-3/h10,13H,4-9H2,1-3H3. The molecule has 0 spiro atoms. The van der Waals surface area contributed by atoms with E-state index >= 15 is 0 Å². The quantitative estimate of drug-likeness (QED) is 0.726. The van der Waals surface area contributed by atoms with Crippen LogP contribution in [0.15, 0.2) is 0 Å². The van der Waals surface area contributed by atoms with Crippen LogP contribution in [0.4, 0.5) is 0 Å². The summed E-state index contributed by atoms with van der Waals surface area (Å²) in [5, 5.41) is 3.29. The van der Waals surface area contributed by atoms with Crippen LogP contribution in [0.25, 0.3) is 0 Å². The minimum atomic E-state index is -0.524. The van der Waals surface area contributed by atoms with E-state index in [9.17, 15) is 4.79 Å². The monoisotopic (exact) mass is 229 g/mol. The van der Waals surface area contributed by atoms with Crippen LogP contribution >= 0.6 is 0 Å². The van der Waals surface area contributed by atoms with Gasteiger partial charge in [0.15, 0.2) is 0 Å². The summed E-state index contributed by atoms with van der Waals surface area (Å²) in [5.74, 6) is -0.126. The number of carbonyl (C=O) groups excluding carboxylic acids is 1. The number of esters is 1. The van der Waals surface area contributed by atoms with Crippen LogP contribution in [0.2, 0.25) is 0 Å². The minimum Gasteiger partial charge on any atom is -0.465 e. The molecule has 0 saturated heterocycles. The van der Waals surface area contributed by atoms with Gasteiger partial charge < -0.3 is 14.8 Å². The lowest BCUT2D eigenvalue weighted by Crippen LogP contribution is -2.56. The van der Waals surface area contributed by atoms with Gasteiger partial charge in [-0.05, 0) is 32.7 Å². The van der Waals surface area contributed by atoms with Crippen molar-refractivity contribution in [3.63, 3.8) is 0 Å². The molecule has 0 aromatic heterocycles. The molecule has 0 amide bonds. The predicted octanol–water partition coefficient (Wildman–Crippen LogP) is 1.49. The molecule has 1 N–H and O–H groups in total. The second-order valence-corrected chi connectivity index (χ2v) is 4.29. The largest absolute Gasteiger partial charge is 0.465 e. The van der Waals surface area contributed by atoms with Gasteiger partial charge in [0.25, 0.3) is 0 Å². The SMILES string of the molecule is CCNC1(C(=O)OCC)CCCC(OC)C1. The van der Waals surface area contributed by atoms with Gasteiger partial charge in [0.2, 0.25) is 0 Å². The highest BCUT2D eigenvalue weighted by Crippen LogP contribution is 2.31. The molecule has 2 unspecified atom stereocenters. The fourth-order valence-corrected chi connectivity index (χ4v) is 2.45. The summed E-state index contributed by atoms with van der Waals surface area (Å²) in [6.07, 6.45) is 3.76. The zero-order chi connectivity index (χ0) is 12.0. The number of methoxy groups -OCH3 is 1. The van der Waals surface area contributed by atoms with Gasteiger partial charge in [-0.2, -0.15) is 0 Å². The third-order valence-corrected chi connectivity index (χ3v) is 3.22. The first-order valence-electron chi connectivity index (χ1n) is 6.13. The van der Waals surface area contributed by atoms with Crippen LogP contribution in [0.3, 0.4) is 0 Å². The molecule has 4 nitrogen and oxygen atoms in total. The van der Waals surface area contributed by atoms with Crippen molar-refractivity contribution >= 4 is 5.97 Å².